The van der Waals surface area contributed by atoms with Crippen LogP contribution in [0.2, 0.25) is 0 Å². The molecule has 12 heavy (non-hydrogen) atoms. The van der Waals surface area contributed by atoms with Crippen LogP contribution < -0.4 is 0 Å². The largest absolute Gasteiger partial charge is 0.481 e. The van der Waals surface area contributed by atoms with E-state index in [4.69, 9.17) is 5.11 Å². The van der Waals surface area contributed by atoms with Gasteiger partial charge in [-0.15, -0.1) is 0 Å². The summed E-state index contributed by atoms with van der Waals surface area (Å²) in [5, 5.41) is 9.09. The minimum atomic E-state index is -0.562. The van der Waals surface area contributed by atoms with Gasteiger partial charge < -0.3 is 5.11 Å². The molecule has 1 fully saturated rings. The van der Waals surface area contributed by atoms with Crippen LogP contribution in [0.1, 0.15) is 51.9 Å². The Labute approximate surface area is 74.0 Å². The molecule has 70 valence electrons. The summed E-state index contributed by atoms with van der Waals surface area (Å²) >= 11 is 0. The molecule has 1 saturated carbocycles. The van der Waals surface area contributed by atoms with E-state index in [-0.39, 0.29) is 5.41 Å². The molecular formula is C10H18O2. The van der Waals surface area contributed by atoms with E-state index in [0.29, 0.717) is 0 Å². The second-order valence-electron chi connectivity index (χ2n) is 3.90. The first-order chi connectivity index (χ1) is 5.71. The molecule has 2 heteroatoms. The SMILES string of the molecule is CCCCC1(C(=O)O)CCCC1. The molecule has 0 aromatic heterocycles. The molecule has 0 saturated heterocycles. The molecule has 0 amide bonds. The summed E-state index contributed by atoms with van der Waals surface area (Å²) in [6.45, 7) is 2.12. The maximum atomic E-state index is 11.0. The monoisotopic (exact) mass is 170 g/mol. The minimum Gasteiger partial charge on any atom is -0.481 e. The molecule has 1 N–H and O–H groups in total. The van der Waals surface area contributed by atoms with Gasteiger partial charge in [-0.2, -0.15) is 0 Å². The Morgan fingerprint density at radius 2 is 2.00 bits per heavy atom. The van der Waals surface area contributed by atoms with Gasteiger partial charge in [0.25, 0.3) is 0 Å². The zero-order valence-corrected chi connectivity index (χ0v) is 7.81. The van der Waals surface area contributed by atoms with E-state index < -0.39 is 5.97 Å². The van der Waals surface area contributed by atoms with Crippen molar-refractivity contribution in [1.82, 2.24) is 0 Å². The second-order valence-corrected chi connectivity index (χ2v) is 3.90. The van der Waals surface area contributed by atoms with Crippen molar-refractivity contribution in [3.8, 4) is 0 Å². The summed E-state index contributed by atoms with van der Waals surface area (Å²) in [6.07, 6.45) is 7.08. The van der Waals surface area contributed by atoms with Crippen molar-refractivity contribution in [1.29, 1.82) is 0 Å². The van der Waals surface area contributed by atoms with E-state index in [2.05, 4.69) is 6.92 Å². The first-order valence-corrected chi connectivity index (χ1v) is 4.95. The van der Waals surface area contributed by atoms with Gasteiger partial charge in [0, 0.05) is 0 Å². The number of hydrogen-bond donors (Lipinski definition) is 1. The smallest absolute Gasteiger partial charge is 0.309 e. The number of rotatable bonds is 4. The summed E-state index contributed by atoms with van der Waals surface area (Å²) in [6, 6.07) is 0. The van der Waals surface area contributed by atoms with Crippen LogP contribution in [0, 0.1) is 5.41 Å². The lowest BCUT2D eigenvalue weighted by Gasteiger charge is -2.22. The predicted octanol–water partition coefficient (Wildman–Crippen LogP) is 2.82. The van der Waals surface area contributed by atoms with Crippen LogP contribution in [0.3, 0.4) is 0 Å². The Balaban J connectivity index is 2.53. The molecule has 1 aliphatic rings. The molecule has 1 aliphatic carbocycles. The normalized spacial score (nSPS) is 21.1. The van der Waals surface area contributed by atoms with Gasteiger partial charge in [0.1, 0.15) is 0 Å². The molecule has 0 aromatic carbocycles. The summed E-state index contributed by atoms with van der Waals surface area (Å²) in [4.78, 5) is 11.0. The van der Waals surface area contributed by atoms with E-state index in [9.17, 15) is 4.79 Å². The highest BCUT2D eigenvalue weighted by Crippen LogP contribution is 2.42. The molecule has 0 radical (unpaired) electrons. The Bertz CT molecular complexity index is 157. The maximum Gasteiger partial charge on any atom is 0.309 e. The molecular weight excluding hydrogens is 152 g/mol. The van der Waals surface area contributed by atoms with Gasteiger partial charge in [0.05, 0.1) is 5.41 Å². The second kappa shape index (κ2) is 3.92. The van der Waals surface area contributed by atoms with Crippen LogP contribution in [0.15, 0.2) is 0 Å². The molecule has 1 rings (SSSR count). The molecule has 0 unspecified atom stereocenters. The number of unbranched alkanes of at least 4 members (excludes halogenated alkanes) is 1. The fourth-order valence-electron chi connectivity index (χ4n) is 2.14. The summed E-state index contributed by atoms with van der Waals surface area (Å²) in [7, 11) is 0. The van der Waals surface area contributed by atoms with E-state index in [1.54, 1.807) is 0 Å². The third-order valence-electron chi connectivity index (χ3n) is 3.02. The Morgan fingerprint density at radius 1 is 1.42 bits per heavy atom. The van der Waals surface area contributed by atoms with E-state index in [1.807, 2.05) is 0 Å². The zero-order chi connectivity index (χ0) is 9.03. The lowest BCUT2D eigenvalue weighted by Crippen LogP contribution is -2.27. The van der Waals surface area contributed by atoms with Gasteiger partial charge in [0.2, 0.25) is 0 Å². The molecule has 0 aliphatic heterocycles. The van der Waals surface area contributed by atoms with Gasteiger partial charge in [-0.05, 0) is 19.3 Å². The average molecular weight is 170 g/mol. The topological polar surface area (TPSA) is 37.3 Å². The van der Waals surface area contributed by atoms with Crippen molar-refractivity contribution in [2.45, 2.75) is 51.9 Å². The third kappa shape index (κ3) is 1.79. The first-order valence-electron chi connectivity index (χ1n) is 4.95. The van der Waals surface area contributed by atoms with Crippen molar-refractivity contribution in [3.05, 3.63) is 0 Å². The van der Waals surface area contributed by atoms with Crippen molar-refractivity contribution in [2.75, 3.05) is 0 Å². The van der Waals surface area contributed by atoms with Crippen LogP contribution >= 0.6 is 0 Å². The molecule has 0 heterocycles. The quantitative estimate of drug-likeness (QED) is 0.704. The molecule has 0 aromatic rings. The lowest BCUT2D eigenvalue weighted by atomic mass is 9.81. The highest BCUT2D eigenvalue weighted by molar-refractivity contribution is 5.74. The first kappa shape index (κ1) is 9.56. The average Bonchev–Trinajstić information content (AvgIpc) is 2.50. The number of carboxylic acids is 1. The highest BCUT2D eigenvalue weighted by atomic mass is 16.4. The minimum absolute atomic E-state index is 0.337. The van der Waals surface area contributed by atoms with Crippen molar-refractivity contribution >= 4 is 5.97 Å². The fraction of sp³-hybridized carbons (Fsp3) is 0.900. The fourth-order valence-corrected chi connectivity index (χ4v) is 2.14. The Kier molecular flexibility index (Phi) is 3.12. The predicted molar refractivity (Wildman–Crippen MR) is 48.1 cm³/mol. The van der Waals surface area contributed by atoms with E-state index >= 15 is 0 Å². The summed E-state index contributed by atoms with van der Waals surface area (Å²) in [5.41, 5.74) is -0.337. The van der Waals surface area contributed by atoms with Crippen LogP contribution in [0.4, 0.5) is 0 Å². The molecule has 0 bridgehead atoms. The van der Waals surface area contributed by atoms with Gasteiger partial charge >= 0.3 is 5.97 Å². The Morgan fingerprint density at radius 3 is 2.42 bits per heavy atom. The summed E-state index contributed by atoms with van der Waals surface area (Å²) in [5.74, 6) is -0.562. The van der Waals surface area contributed by atoms with Crippen molar-refractivity contribution in [2.24, 2.45) is 5.41 Å². The molecule has 2 nitrogen and oxygen atoms in total. The number of carboxylic acid groups (broad SMARTS) is 1. The van der Waals surface area contributed by atoms with Crippen LogP contribution in [-0.4, -0.2) is 11.1 Å². The standard InChI is InChI=1S/C10H18O2/c1-2-3-6-10(9(11)12)7-4-5-8-10/h2-8H2,1H3,(H,11,12). The number of hydrogen-bond acceptors (Lipinski definition) is 1. The van der Waals surface area contributed by atoms with Gasteiger partial charge in [-0.3, -0.25) is 4.79 Å². The van der Waals surface area contributed by atoms with Gasteiger partial charge in [0.15, 0.2) is 0 Å². The highest BCUT2D eigenvalue weighted by Gasteiger charge is 2.40. The zero-order valence-electron chi connectivity index (χ0n) is 7.81. The van der Waals surface area contributed by atoms with Crippen LogP contribution in [0.25, 0.3) is 0 Å². The van der Waals surface area contributed by atoms with Crippen LogP contribution in [0.5, 0.6) is 0 Å². The Hall–Kier alpha value is -0.530. The number of aliphatic carboxylic acids is 1. The van der Waals surface area contributed by atoms with Crippen molar-refractivity contribution in [3.63, 3.8) is 0 Å². The third-order valence-corrected chi connectivity index (χ3v) is 3.02. The maximum absolute atomic E-state index is 11.0. The number of carbonyl (C=O) groups is 1. The van der Waals surface area contributed by atoms with Gasteiger partial charge in [-0.1, -0.05) is 32.6 Å². The van der Waals surface area contributed by atoms with Crippen molar-refractivity contribution < 1.29 is 9.90 Å². The van der Waals surface area contributed by atoms with Crippen LogP contribution in [-0.2, 0) is 4.79 Å². The van der Waals surface area contributed by atoms with E-state index in [0.717, 1.165) is 44.9 Å². The summed E-state index contributed by atoms with van der Waals surface area (Å²) < 4.78 is 0. The molecule has 0 spiro atoms. The van der Waals surface area contributed by atoms with E-state index in [1.165, 1.54) is 0 Å². The molecule has 0 atom stereocenters. The lowest BCUT2D eigenvalue weighted by molar-refractivity contribution is -0.149. The van der Waals surface area contributed by atoms with Gasteiger partial charge in [-0.25, -0.2) is 0 Å².